The van der Waals surface area contributed by atoms with Crippen molar-refractivity contribution < 1.29 is 4.74 Å². The average molecular weight is 277 g/mol. The summed E-state index contributed by atoms with van der Waals surface area (Å²) in [6, 6.07) is 2.04. The van der Waals surface area contributed by atoms with E-state index >= 15 is 0 Å². The lowest BCUT2D eigenvalue weighted by Crippen LogP contribution is -2.43. The van der Waals surface area contributed by atoms with Crippen LogP contribution in [-0.4, -0.2) is 67.4 Å². The summed E-state index contributed by atoms with van der Waals surface area (Å²) in [6.45, 7) is 5.80. The number of anilines is 2. The van der Waals surface area contributed by atoms with E-state index in [2.05, 4.69) is 32.1 Å². The highest BCUT2D eigenvalue weighted by Gasteiger charge is 2.18. The van der Waals surface area contributed by atoms with Gasteiger partial charge in [-0.25, -0.2) is 9.97 Å². The zero-order chi connectivity index (χ0) is 13.8. The maximum atomic E-state index is 5.74. The lowest BCUT2D eigenvalue weighted by Gasteiger charge is -2.30. The zero-order valence-corrected chi connectivity index (χ0v) is 12.1. The standard InChI is InChI=1S/C14H23N5O/c1-18-6-7-20-12(10-18)9-15-13-8-14(17-11-16-13)19-4-2-3-5-19/h8,11-12H,2-7,9-10H2,1H3,(H,15,16,17). The van der Waals surface area contributed by atoms with E-state index in [9.17, 15) is 0 Å². The Morgan fingerprint density at radius 2 is 2.15 bits per heavy atom. The van der Waals surface area contributed by atoms with Gasteiger partial charge in [0.1, 0.15) is 18.0 Å². The summed E-state index contributed by atoms with van der Waals surface area (Å²) in [5, 5.41) is 3.37. The summed E-state index contributed by atoms with van der Waals surface area (Å²) < 4.78 is 5.74. The Morgan fingerprint density at radius 3 is 2.95 bits per heavy atom. The monoisotopic (exact) mass is 277 g/mol. The number of hydrogen-bond donors (Lipinski definition) is 1. The van der Waals surface area contributed by atoms with Crippen molar-refractivity contribution >= 4 is 11.6 Å². The minimum Gasteiger partial charge on any atom is -0.374 e. The maximum absolute atomic E-state index is 5.74. The molecule has 1 atom stereocenters. The number of rotatable bonds is 4. The third-order valence-electron chi connectivity index (χ3n) is 3.94. The molecule has 1 aromatic rings. The average Bonchev–Trinajstić information content (AvgIpc) is 3.00. The molecule has 20 heavy (non-hydrogen) atoms. The lowest BCUT2D eigenvalue weighted by molar-refractivity contribution is -0.0117. The largest absolute Gasteiger partial charge is 0.374 e. The molecule has 0 spiro atoms. The summed E-state index contributed by atoms with van der Waals surface area (Å²) in [7, 11) is 2.13. The van der Waals surface area contributed by atoms with E-state index in [4.69, 9.17) is 4.74 Å². The molecule has 2 saturated heterocycles. The van der Waals surface area contributed by atoms with Crippen molar-refractivity contribution in [2.75, 3.05) is 56.6 Å². The van der Waals surface area contributed by atoms with Crippen LogP contribution in [0.1, 0.15) is 12.8 Å². The molecule has 0 radical (unpaired) electrons. The van der Waals surface area contributed by atoms with Gasteiger partial charge in [0.05, 0.1) is 12.7 Å². The van der Waals surface area contributed by atoms with Gasteiger partial charge in [-0.2, -0.15) is 0 Å². The van der Waals surface area contributed by atoms with E-state index in [0.717, 1.165) is 51.0 Å². The van der Waals surface area contributed by atoms with Gasteiger partial charge in [0, 0.05) is 38.8 Å². The number of morpholine rings is 1. The van der Waals surface area contributed by atoms with Crippen LogP contribution in [0.25, 0.3) is 0 Å². The number of nitrogens with zero attached hydrogens (tertiary/aromatic N) is 4. The van der Waals surface area contributed by atoms with Gasteiger partial charge in [-0.3, -0.25) is 0 Å². The third-order valence-corrected chi connectivity index (χ3v) is 3.94. The first-order valence-corrected chi connectivity index (χ1v) is 7.42. The van der Waals surface area contributed by atoms with E-state index in [1.807, 2.05) is 6.07 Å². The van der Waals surface area contributed by atoms with E-state index in [-0.39, 0.29) is 6.10 Å². The molecule has 3 rings (SSSR count). The maximum Gasteiger partial charge on any atom is 0.134 e. The number of hydrogen-bond acceptors (Lipinski definition) is 6. The number of aromatic nitrogens is 2. The first kappa shape index (κ1) is 13.6. The Balaban J connectivity index is 1.55. The van der Waals surface area contributed by atoms with E-state index in [1.54, 1.807) is 6.33 Å². The van der Waals surface area contributed by atoms with Gasteiger partial charge in [0.2, 0.25) is 0 Å². The lowest BCUT2D eigenvalue weighted by atomic mass is 10.3. The second kappa shape index (κ2) is 6.37. The molecule has 1 N–H and O–H groups in total. The van der Waals surface area contributed by atoms with Crippen LogP contribution >= 0.6 is 0 Å². The van der Waals surface area contributed by atoms with Crippen molar-refractivity contribution in [1.29, 1.82) is 0 Å². The quantitative estimate of drug-likeness (QED) is 0.879. The van der Waals surface area contributed by atoms with Crippen LogP contribution in [0.15, 0.2) is 12.4 Å². The Bertz CT molecular complexity index is 435. The summed E-state index contributed by atoms with van der Waals surface area (Å²) >= 11 is 0. The van der Waals surface area contributed by atoms with Crippen molar-refractivity contribution in [3.8, 4) is 0 Å². The summed E-state index contributed by atoms with van der Waals surface area (Å²) in [6.07, 6.45) is 4.40. The molecule has 6 heteroatoms. The molecule has 0 aliphatic carbocycles. The summed E-state index contributed by atoms with van der Waals surface area (Å²) in [4.78, 5) is 13.3. The predicted molar refractivity (Wildman–Crippen MR) is 79.2 cm³/mol. The van der Waals surface area contributed by atoms with Gasteiger partial charge in [0.25, 0.3) is 0 Å². The second-order valence-electron chi connectivity index (χ2n) is 5.59. The second-order valence-corrected chi connectivity index (χ2v) is 5.59. The van der Waals surface area contributed by atoms with Crippen molar-refractivity contribution in [2.45, 2.75) is 18.9 Å². The molecule has 1 aromatic heterocycles. The normalized spacial score (nSPS) is 24.1. The molecule has 1 unspecified atom stereocenters. The first-order chi connectivity index (χ1) is 9.81. The van der Waals surface area contributed by atoms with E-state index in [1.165, 1.54) is 12.8 Å². The van der Waals surface area contributed by atoms with E-state index in [0.29, 0.717) is 0 Å². The van der Waals surface area contributed by atoms with Crippen LogP contribution in [0.2, 0.25) is 0 Å². The molecule has 2 aliphatic rings. The van der Waals surface area contributed by atoms with Crippen LogP contribution in [0.5, 0.6) is 0 Å². The molecular formula is C14H23N5O. The van der Waals surface area contributed by atoms with Gasteiger partial charge in [-0.1, -0.05) is 0 Å². The van der Waals surface area contributed by atoms with Crippen LogP contribution in [-0.2, 0) is 4.74 Å². The molecule has 110 valence electrons. The van der Waals surface area contributed by atoms with Crippen LogP contribution in [0.3, 0.4) is 0 Å². The van der Waals surface area contributed by atoms with Gasteiger partial charge in [-0.15, -0.1) is 0 Å². The minimum atomic E-state index is 0.235. The highest BCUT2D eigenvalue weighted by molar-refractivity contribution is 5.48. The highest BCUT2D eigenvalue weighted by atomic mass is 16.5. The SMILES string of the molecule is CN1CCOC(CNc2cc(N3CCCC3)ncn2)C1. The number of likely N-dealkylation sites (N-methyl/N-ethyl adjacent to an activating group) is 1. The molecule has 3 heterocycles. The summed E-state index contributed by atoms with van der Waals surface area (Å²) in [5.74, 6) is 1.92. The Kier molecular flexibility index (Phi) is 4.32. The van der Waals surface area contributed by atoms with Gasteiger partial charge < -0.3 is 19.9 Å². The summed E-state index contributed by atoms with van der Waals surface area (Å²) in [5.41, 5.74) is 0. The third kappa shape index (κ3) is 3.37. The van der Waals surface area contributed by atoms with Crippen LogP contribution in [0, 0.1) is 0 Å². The molecule has 6 nitrogen and oxygen atoms in total. The predicted octanol–water partition coefficient (Wildman–Crippen LogP) is 0.819. The molecule has 0 bridgehead atoms. The number of nitrogens with one attached hydrogen (secondary N) is 1. The molecule has 2 fully saturated rings. The fourth-order valence-corrected chi connectivity index (χ4v) is 2.77. The first-order valence-electron chi connectivity index (χ1n) is 7.42. The fraction of sp³-hybridized carbons (Fsp3) is 0.714. The zero-order valence-electron chi connectivity index (χ0n) is 12.1. The molecule has 0 saturated carbocycles. The van der Waals surface area contributed by atoms with Gasteiger partial charge in [0.15, 0.2) is 0 Å². The van der Waals surface area contributed by atoms with Crippen molar-refractivity contribution in [1.82, 2.24) is 14.9 Å². The fourth-order valence-electron chi connectivity index (χ4n) is 2.77. The Labute approximate surface area is 120 Å². The topological polar surface area (TPSA) is 53.5 Å². The molecule has 2 aliphatic heterocycles. The molecular weight excluding hydrogens is 254 g/mol. The van der Waals surface area contributed by atoms with Crippen molar-refractivity contribution in [3.63, 3.8) is 0 Å². The number of ether oxygens (including phenoxy) is 1. The smallest absolute Gasteiger partial charge is 0.134 e. The Hall–Kier alpha value is -1.40. The molecule has 0 amide bonds. The van der Waals surface area contributed by atoms with Crippen molar-refractivity contribution in [2.24, 2.45) is 0 Å². The highest BCUT2D eigenvalue weighted by Crippen LogP contribution is 2.19. The molecule has 0 aromatic carbocycles. The van der Waals surface area contributed by atoms with E-state index < -0.39 is 0 Å². The Morgan fingerprint density at radius 1 is 1.30 bits per heavy atom. The van der Waals surface area contributed by atoms with Gasteiger partial charge >= 0.3 is 0 Å². The van der Waals surface area contributed by atoms with Crippen molar-refractivity contribution in [3.05, 3.63) is 12.4 Å². The van der Waals surface area contributed by atoms with Gasteiger partial charge in [-0.05, 0) is 19.9 Å². The van der Waals surface area contributed by atoms with Crippen LogP contribution < -0.4 is 10.2 Å². The minimum absolute atomic E-state index is 0.235. The van der Waals surface area contributed by atoms with Crippen LogP contribution in [0.4, 0.5) is 11.6 Å².